The average Bonchev–Trinajstić information content (AvgIpc) is 1.65. The summed E-state index contributed by atoms with van der Waals surface area (Å²) >= 11 is 0. The summed E-state index contributed by atoms with van der Waals surface area (Å²) < 4.78 is 0. The second-order valence-electron chi connectivity index (χ2n) is 0.873. The lowest BCUT2D eigenvalue weighted by molar-refractivity contribution is 0.984. The van der Waals surface area contributed by atoms with Crippen LogP contribution in [0.25, 0.3) is 0 Å². The fourth-order valence-electron chi connectivity index (χ4n) is 0.0722. The van der Waals surface area contributed by atoms with Crippen LogP contribution in [0.2, 0.25) is 0 Å². The predicted molar refractivity (Wildman–Crippen MR) is 25.0 cm³/mol. The largest absolute Gasteiger partial charge is 0.312 e. The molecule has 0 fully saturated rings. The van der Waals surface area contributed by atoms with E-state index in [1.165, 1.54) is 0 Å². The van der Waals surface area contributed by atoms with Crippen molar-refractivity contribution in [1.82, 2.24) is 5.43 Å². The van der Waals surface area contributed by atoms with Gasteiger partial charge in [0.15, 0.2) is 0 Å². The summed E-state index contributed by atoms with van der Waals surface area (Å²) in [7, 11) is 0. The molecule has 35 valence electrons. The predicted octanol–water partition coefficient (Wildman–Crippen LogP) is -0.349. The molecule has 0 aromatic heterocycles. The van der Waals surface area contributed by atoms with Crippen LogP contribution in [-0.2, 0) is 0 Å². The lowest BCUT2D eigenvalue weighted by Crippen LogP contribution is -2.28. The molecule has 0 saturated heterocycles. The Morgan fingerprint density at radius 1 is 2.00 bits per heavy atom. The molecule has 6 heavy (non-hydrogen) atoms. The Morgan fingerprint density at radius 2 is 2.50 bits per heavy atom. The van der Waals surface area contributed by atoms with E-state index in [4.69, 9.17) is 11.3 Å². The zero-order valence-corrected chi connectivity index (χ0v) is 3.49. The van der Waals surface area contributed by atoms with Crippen molar-refractivity contribution in [2.24, 2.45) is 5.84 Å². The molecule has 0 unspecified atom stereocenters. The molecular formula is C3H8N3. The second-order valence-corrected chi connectivity index (χ2v) is 0.873. The Morgan fingerprint density at radius 3 is 2.50 bits per heavy atom. The topological polar surface area (TPSA) is 61.9 Å². The summed E-state index contributed by atoms with van der Waals surface area (Å²) in [5.41, 5.74) is 2.14. The van der Waals surface area contributed by atoms with E-state index in [9.17, 15) is 0 Å². The quantitative estimate of drug-likeness (QED) is 0.177. The third-order valence-corrected chi connectivity index (χ3v) is 0.424. The first-order valence-electron chi connectivity index (χ1n) is 1.64. The van der Waals surface area contributed by atoms with Gasteiger partial charge in [-0.15, -0.1) is 0 Å². The molecule has 3 heteroatoms. The highest BCUT2D eigenvalue weighted by Crippen LogP contribution is 1.67. The first-order chi connectivity index (χ1) is 2.81. The maximum absolute atomic E-state index is 6.69. The molecule has 0 spiro atoms. The first kappa shape index (κ1) is 5.43. The van der Waals surface area contributed by atoms with Gasteiger partial charge < -0.3 is 5.43 Å². The molecule has 0 aliphatic rings. The van der Waals surface area contributed by atoms with Crippen LogP contribution in [-0.4, -0.2) is 5.84 Å². The third kappa shape index (κ3) is 1.72. The zero-order valence-electron chi connectivity index (χ0n) is 3.49. The number of amidine groups is 1. The number of nitrogens with one attached hydrogen (secondary N) is 2. The van der Waals surface area contributed by atoms with Gasteiger partial charge in [0.05, 0.1) is 0 Å². The first-order valence-corrected chi connectivity index (χ1v) is 1.64. The molecule has 0 amide bonds. The lowest BCUT2D eigenvalue weighted by atomic mass is 10.5. The monoisotopic (exact) mass is 86.1 g/mol. The molecule has 0 heterocycles. The van der Waals surface area contributed by atoms with Gasteiger partial charge >= 0.3 is 0 Å². The van der Waals surface area contributed by atoms with E-state index in [-0.39, 0.29) is 5.84 Å². The summed E-state index contributed by atoms with van der Waals surface area (Å²) in [6.45, 7) is 3.39. The van der Waals surface area contributed by atoms with Crippen LogP contribution >= 0.6 is 0 Å². The van der Waals surface area contributed by atoms with Gasteiger partial charge in [-0.1, -0.05) is 0 Å². The van der Waals surface area contributed by atoms with Crippen LogP contribution in [0, 0.1) is 12.3 Å². The van der Waals surface area contributed by atoms with E-state index >= 15 is 0 Å². The summed E-state index contributed by atoms with van der Waals surface area (Å²) in [6, 6.07) is 0. The van der Waals surface area contributed by atoms with E-state index in [1.807, 2.05) is 0 Å². The van der Waals surface area contributed by atoms with Crippen molar-refractivity contribution >= 4 is 5.84 Å². The van der Waals surface area contributed by atoms with E-state index in [0.717, 1.165) is 0 Å². The number of nitrogens with two attached hydrogens (primary N) is 1. The molecule has 0 bridgehead atoms. The summed E-state index contributed by atoms with van der Waals surface area (Å²) in [6.07, 6.45) is 0.427. The van der Waals surface area contributed by atoms with Crippen molar-refractivity contribution in [2.75, 3.05) is 0 Å². The highest BCUT2D eigenvalue weighted by molar-refractivity contribution is 5.78. The maximum Gasteiger partial charge on any atom is 0.107 e. The third-order valence-electron chi connectivity index (χ3n) is 0.424. The number of hydrazine groups is 1. The van der Waals surface area contributed by atoms with Crippen LogP contribution in [0.15, 0.2) is 0 Å². The molecule has 3 nitrogen and oxygen atoms in total. The SMILES string of the molecule is [CH2]CC(=N)NN. The van der Waals surface area contributed by atoms with Gasteiger partial charge in [0, 0.05) is 6.42 Å². The van der Waals surface area contributed by atoms with Crippen molar-refractivity contribution in [2.45, 2.75) is 6.42 Å². The molecule has 0 saturated carbocycles. The Kier molecular flexibility index (Phi) is 2.40. The van der Waals surface area contributed by atoms with Gasteiger partial charge in [-0.05, 0) is 6.92 Å². The Balaban J connectivity index is 2.99. The van der Waals surface area contributed by atoms with Gasteiger partial charge in [0.1, 0.15) is 5.84 Å². The van der Waals surface area contributed by atoms with Gasteiger partial charge in [-0.2, -0.15) is 0 Å². The molecule has 0 aromatic carbocycles. The summed E-state index contributed by atoms with van der Waals surface area (Å²) in [4.78, 5) is 0. The minimum atomic E-state index is 0.259. The van der Waals surface area contributed by atoms with Crippen LogP contribution in [0.5, 0.6) is 0 Å². The second kappa shape index (κ2) is 2.66. The Labute approximate surface area is 37.0 Å². The van der Waals surface area contributed by atoms with E-state index in [2.05, 4.69) is 12.3 Å². The van der Waals surface area contributed by atoms with Crippen LogP contribution in [0.1, 0.15) is 6.42 Å². The lowest BCUT2D eigenvalue weighted by Gasteiger charge is -1.92. The van der Waals surface area contributed by atoms with Gasteiger partial charge in [0.2, 0.25) is 0 Å². The molecule has 0 rings (SSSR count). The van der Waals surface area contributed by atoms with Crippen molar-refractivity contribution < 1.29 is 0 Å². The molecular weight excluding hydrogens is 78.1 g/mol. The molecule has 0 aliphatic heterocycles. The normalized spacial score (nSPS) is 7.67. The van der Waals surface area contributed by atoms with E-state index in [1.54, 1.807) is 0 Å². The van der Waals surface area contributed by atoms with Crippen molar-refractivity contribution in [3.63, 3.8) is 0 Å². The number of rotatable bonds is 1. The van der Waals surface area contributed by atoms with Crippen LogP contribution in [0.4, 0.5) is 0 Å². The van der Waals surface area contributed by atoms with Crippen LogP contribution < -0.4 is 11.3 Å². The Hall–Kier alpha value is -0.570. The fourth-order valence-corrected chi connectivity index (χ4v) is 0.0722. The summed E-state index contributed by atoms with van der Waals surface area (Å²) in [5.74, 6) is 5.03. The van der Waals surface area contributed by atoms with Crippen molar-refractivity contribution in [1.29, 1.82) is 5.41 Å². The average molecular weight is 86.1 g/mol. The highest BCUT2D eigenvalue weighted by atomic mass is 15.2. The van der Waals surface area contributed by atoms with Gasteiger partial charge in [0.25, 0.3) is 0 Å². The highest BCUT2D eigenvalue weighted by Gasteiger charge is 1.79. The minimum Gasteiger partial charge on any atom is -0.312 e. The molecule has 1 radical (unpaired) electrons. The number of hydrogen-bond acceptors (Lipinski definition) is 2. The Bertz CT molecular complexity index is 44.0. The van der Waals surface area contributed by atoms with Crippen molar-refractivity contribution in [3.05, 3.63) is 6.92 Å². The fraction of sp³-hybridized carbons (Fsp3) is 0.333. The smallest absolute Gasteiger partial charge is 0.107 e. The molecule has 4 N–H and O–H groups in total. The number of hydrogen-bond donors (Lipinski definition) is 3. The van der Waals surface area contributed by atoms with Gasteiger partial charge in [-0.3, -0.25) is 5.41 Å². The molecule has 0 aromatic rings. The minimum absolute atomic E-state index is 0.259. The van der Waals surface area contributed by atoms with E-state index < -0.39 is 0 Å². The molecule has 0 aliphatic carbocycles. The zero-order chi connectivity index (χ0) is 4.99. The maximum atomic E-state index is 6.69. The van der Waals surface area contributed by atoms with Gasteiger partial charge in [-0.25, -0.2) is 5.84 Å². The summed E-state index contributed by atoms with van der Waals surface area (Å²) in [5, 5.41) is 6.69. The van der Waals surface area contributed by atoms with Crippen molar-refractivity contribution in [3.8, 4) is 0 Å². The standard InChI is InChI=1S/C3H8N3/c1-2-3(4)6-5/h1-2,5H2,(H2,4,6). The van der Waals surface area contributed by atoms with Crippen LogP contribution in [0.3, 0.4) is 0 Å². The molecule has 0 atom stereocenters. The van der Waals surface area contributed by atoms with E-state index in [0.29, 0.717) is 6.42 Å².